The fourth-order valence-electron chi connectivity index (χ4n) is 1.58. The Bertz CT molecular complexity index is 289. The number of fused-ring (bicyclic) bond motifs is 1. The van der Waals surface area contributed by atoms with Gasteiger partial charge in [0, 0.05) is 0 Å². The number of hydrogen-bond donors (Lipinski definition) is 0. The summed E-state index contributed by atoms with van der Waals surface area (Å²) in [7, 11) is 0. The van der Waals surface area contributed by atoms with Gasteiger partial charge in [-0.3, -0.25) is 6.08 Å². The summed E-state index contributed by atoms with van der Waals surface area (Å²) in [6, 6.07) is 8.52. The monoisotopic (exact) mass is 150 g/mol. The summed E-state index contributed by atoms with van der Waals surface area (Å²) in [6.07, 6.45) is 6.61. The predicted octanol–water partition coefficient (Wildman–Crippen LogP) is 0.0142. The summed E-state index contributed by atoms with van der Waals surface area (Å²) in [5, 5.41) is 0. The molecule has 0 aliphatic heterocycles. The Kier molecular flexibility index (Phi) is 3.20. The van der Waals surface area contributed by atoms with Gasteiger partial charge >= 0.3 is 18.9 Å². The fraction of sp³-hybridized carbons (Fsp3) is 0.273. The van der Waals surface area contributed by atoms with E-state index in [2.05, 4.69) is 43.3 Å². The van der Waals surface area contributed by atoms with Crippen LogP contribution in [0.25, 0.3) is 6.08 Å². The van der Waals surface area contributed by atoms with Crippen molar-refractivity contribution in [1.82, 2.24) is 0 Å². The molecule has 0 N–H and O–H groups in total. The van der Waals surface area contributed by atoms with Crippen molar-refractivity contribution in [2.45, 2.75) is 19.3 Å². The van der Waals surface area contributed by atoms with Gasteiger partial charge in [-0.25, -0.2) is 6.08 Å². The summed E-state index contributed by atoms with van der Waals surface area (Å²) in [4.78, 5) is 0. The van der Waals surface area contributed by atoms with E-state index in [0.29, 0.717) is 5.92 Å². The largest absolute Gasteiger partial charge is 1.00 e. The molecule has 12 heavy (non-hydrogen) atoms. The molecule has 0 saturated carbocycles. The Hall–Kier alpha value is -0.443. The molecular weight excluding hydrogens is 139 g/mol. The molecule has 1 heteroatoms. The maximum absolute atomic E-state index is 3.35. The normalized spacial score (nSPS) is 18.6. The SMILES string of the molecule is CCC1[C-]=Cc2ccccc21.[Li+]. The third-order valence-electron chi connectivity index (χ3n) is 2.22. The summed E-state index contributed by atoms with van der Waals surface area (Å²) >= 11 is 0. The van der Waals surface area contributed by atoms with E-state index < -0.39 is 0 Å². The molecule has 0 heterocycles. The molecule has 1 unspecified atom stereocenters. The molecule has 0 saturated heterocycles. The average Bonchev–Trinajstić information content (AvgIpc) is 2.47. The summed E-state index contributed by atoms with van der Waals surface area (Å²) in [5.74, 6) is 0.547. The van der Waals surface area contributed by atoms with E-state index >= 15 is 0 Å². The minimum atomic E-state index is 0. The van der Waals surface area contributed by atoms with Gasteiger partial charge < -0.3 is 0 Å². The van der Waals surface area contributed by atoms with Crippen LogP contribution in [0.15, 0.2) is 24.3 Å². The first-order valence-electron chi connectivity index (χ1n) is 4.10. The third kappa shape index (κ3) is 1.51. The van der Waals surface area contributed by atoms with Crippen molar-refractivity contribution in [3.8, 4) is 0 Å². The van der Waals surface area contributed by atoms with Gasteiger partial charge in [-0.05, 0) is 0 Å². The van der Waals surface area contributed by atoms with E-state index in [1.54, 1.807) is 0 Å². The van der Waals surface area contributed by atoms with Crippen molar-refractivity contribution in [1.29, 1.82) is 0 Å². The first-order valence-corrected chi connectivity index (χ1v) is 4.10. The maximum Gasteiger partial charge on any atom is 1.00 e. The molecule has 0 amide bonds. The molecule has 2 rings (SSSR count). The second kappa shape index (κ2) is 3.98. The maximum atomic E-state index is 3.35. The van der Waals surface area contributed by atoms with E-state index in [0.717, 1.165) is 6.42 Å². The van der Waals surface area contributed by atoms with Crippen LogP contribution in [0.2, 0.25) is 0 Å². The Balaban J connectivity index is 0.000000720. The molecule has 0 radical (unpaired) electrons. The van der Waals surface area contributed by atoms with Crippen molar-refractivity contribution in [2.75, 3.05) is 0 Å². The first kappa shape index (κ1) is 9.64. The Morgan fingerprint density at radius 3 is 2.83 bits per heavy atom. The number of rotatable bonds is 1. The quantitative estimate of drug-likeness (QED) is 0.391. The number of allylic oxidation sites excluding steroid dienone is 1. The van der Waals surface area contributed by atoms with Crippen LogP contribution in [0.5, 0.6) is 0 Å². The Labute approximate surface area is 85.9 Å². The van der Waals surface area contributed by atoms with Gasteiger partial charge in [0.2, 0.25) is 0 Å². The van der Waals surface area contributed by atoms with Crippen LogP contribution in [-0.2, 0) is 0 Å². The molecule has 0 bridgehead atoms. The standard InChI is InChI=1S/C11H11.Li/c1-2-9-7-8-10-5-3-4-6-11(9)10;/h3-6,8-9H,2H2,1H3;/q-1;+1. The molecule has 0 spiro atoms. The second-order valence-electron chi connectivity index (χ2n) is 2.90. The molecule has 0 aromatic heterocycles. The van der Waals surface area contributed by atoms with E-state index in [9.17, 15) is 0 Å². The van der Waals surface area contributed by atoms with Crippen LogP contribution < -0.4 is 18.9 Å². The van der Waals surface area contributed by atoms with Crippen LogP contribution in [0.3, 0.4) is 0 Å². The number of hydrogen-bond acceptors (Lipinski definition) is 0. The molecule has 1 atom stereocenters. The molecule has 56 valence electrons. The van der Waals surface area contributed by atoms with Gasteiger partial charge in [-0.15, -0.1) is 11.6 Å². The van der Waals surface area contributed by atoms with Crippen LogP contribution in [0, 0.1) is 6.08 Å². The van der Waals surface area contributed by atoms with Gasteiger partial charge in [0.15, 0.2) is 0 Å². The molecule has 0 fully saturated rings. The predicted molar refractivity (Wildman–Crippen MR) is 47.2 cm³/mol. The summed E-state index contributed by atoms with van der Waals surface area (Å²) in [6.45, 7) is 2.20. The van der Waals surface area contributed by atoms with E-state index in [1.807, 2.05) is 0 Å². The van der Waals surface area contributed by atoms with Crippen molar-refractivity contribution in [3.05, 3.63) is 41.5 Å². The van der Waals surface area contributed by atoms with Crippen LogP contribution in [0.1, 0.15) is 30.4 Å². The molecule has 0 nitrogen and oxygen atoms in total. The van der Waals surface area contributed by atoms with Crippen LogP contribution >= 0.6 is 0 Å². The number of benzene rings is 1. The molecular formula is C11H11Li. The second-order valence-corrected chi connectivity index (χ2v) is 2.90. The molecule has 1 aromatic carbocycles. The fourth-order valence-corrected chi connectivity index (χ4v) is 1.58. The van der Waals surface area contributed by atoms with Gasteiger partial charge in [-0.1, -0.05) is 37.5 Å². The Morgan fingerprint density at radius 2 is 2.08 bits per heavy atom. The first-order chi connectivity index (χ1) is 5.42. The van der Waals surface area contributed by atoms with E-state index in [1.165, 1.54) is 11.1 Å². The smallest absolute Gasteiger partial charge is 0.268 e. The third-order valence-corrected chi connectivity index (χ3v) is 2.22. The average molecular weight is 150 g/mol. The van der Waals surface area contributed by atoms with E-state index in [4.69, 9.17) is 0 Å². The van der Waals surface area contributed by atoms with Gasteiger partial charge in [0.05, 0.1) is 0 Å². The summed E-state index contributed by atoms with van der Waals surface area (Å²) in [5.41, 5.74) is 2.79. The van der Waals surface area contributed by atoms with Gasteiger partial charge in [0.25, 0.3) is 0 Å². The Morgan fingerprint density at radius 1 is 1.33 bits per heavy atom. The zero-order chi connectivity index (χ0) is 7.68. The molecule has 1 aromatic rings. The summed E-state index contributed by atoms with van der Waals surface area (Å²) < 4.78 is 0. The van der Waals surface area contributed by atoms with Crippen molar-refractivity contribution in [2.24, 2.45) is 0 Å². The topological polar surface area (TPSA) is 0 Å². The zero-order valence-electron chi connectivity index (χ0n) is 7.67. The van der Waals surface area contributed by atoms with Crippen LogP contribution in [0.4, 0.5) is 0 Å². The minimum Gasteiger partial charge on any atom is -0.268 e. The molecule has 1 aliphatic rings. The zero-order valence-corrected chi connectivity index (χ0v) is 7.67. The van der Waals surface area contributed by atoms with Gasteiger partial charge in [0.1, 0.15) is 0 Å². The molecule has 1 aliphatic carbocycles. The minimum absolute atomic E-state index is 0. The van der Waals surface area contributed by atoms with Crippen molar-refractivity contribution < 1.29 is 18.9 Å². The van der Waals surface area contributed by atoms with Crippen molar-refractivity contribution >= 4 is 6.08 Å². The van der Waals surface area contributed by atoms with Crippen LogP contribution in [-0.4, -0.2) is 0 Å². The van der Waals surface area contributed by atoms with E-state index in [-0.39, 0.29) is 18.9 Å². The van der Waals surface area contributed by atoms with Gasteiger partial charge in [-0.2, -0.15) is 5.56 Å². The van der Waals surface area contributed by atoms with Crippen molar-refractivity contribution in [3.63, 3.8) is 0 Å².